The number of hydrogen-bond donors (Lipinski definition) is 0. The minimum Gasteiger partial charge on any atom is -0.336 e. The fraction of sp³-hybridized carbons (Fsp3) is 0.562. The zero-order valence-electron chi connectivity index (χ0n) is 13.3. The first-order valence-electron chi connectivity index (χ1n) is 7.66. The maximum atomic E-state index is 12.5. The summed E-state index contributed by atoms with van der Waals surface area (Å²) in [4.78, 5) is 14.2. The Hall–Kier alpha value is -0.780. The van der Waals surface area contributed by atoms with E-state index in [1.54, 1.807) is 23.1 Å². The van der Waals surface area contributed by atoms with Crippen molar-refractivity contribution >= 4 is 38.9 Å². The first-order chi connectivity index (χ1) is 10.7. The van der Waals surface area contributed by atoms with Crippen molar-refractivity contribution in [2.24, 2.45) is 0 Å². The molecule has 0 radical (unpaired) electrons. The molecule has 2 rings (SSSR count). The molecule has 1 aromatic carbocycles. The summed E-state index contributed by atoms with van der Waals surface area (Å²) in [5, 5.41) is 0.599. The zero-order chi connectivity index (χ0) is 17.2. The molecule has 4 nitrogen and oxygen atoms in total. The molecule has 1 aromatic rings. The predicted molar refractivity (Wildman–Crippen MR) is 93.6 cm³/mol. The molecule has 0 N–H and O–H groups in total. The number of halogens is 2. The maximum Gasteiger partial charge on any atom is 0.238 e. The van der Waals surface area contributed by atoms with Crippen LogP contribution in [0.3, 0.4) is 0 Å². The van der Waals surface area contributed by atoms with Crippen molar-refractivity contribution < 1.29 is 13.2 Å². The van der Waals surface area contributed by atoms with Crippen molar-refractivity contribution in [2.45, 2.75) is 50.9 Å². The van der Waals surface area contributed by atoms with Crippen molar-refractivity contribution in [1.82, 2.24) is 4.90 Å². The fourth-order valence-electron chi connectivity index (χ4n) is 3.12. The van der Waals surface area contributed by atoms with Gasteiger partial charge < -0.3 is 4.90 Å². The molecule has 1 saturated heterocycles. The first kappa shape index (κ1) is 18.6. The third-order valence-corrected chi connectivity index (χ3v) is 6.37. The van der Waals surface area contributed by atoms with Gasteiger partial charge in [-0.05, 0) is 45.2 Å². The number of likely N-dealkylation sites (tertiary alicyclic amines) is 1. The lowest BCUT2D eigenvalue weighted by Crippen LogP contribution is -2.49. The highest BCUT2D eigenvalue weighted by molar-refractivity contribution is 7.91. The second-order valence-electron chi connectivity index (χ2n) is 6.16. The van der Waals surface area contributed by atoms with E-state index in [0.29, 0.717) is 15.6 Å². The third-order valence-electron chi connectivity index (χ3n) is 4.25. The number of hydrogen-bond acceptors (Lipinski definition) is 3. The molecule has 128 valence electrons. The predicted octanol–water partition coefficient (Wildman–Crippen LogP) is 3.70. The van der Waals surface area contributed by atoms with Crippen LogP contribution in [0.1, 0.15) is 38.7 Å². The van der Waals surface area contributed by atoms with Gasteiger partial charge >= 0.3 is 0 Å². The van der Waals surface area contributed by atoms with Gasteiger partial charge in [0, 0.05) is 27.7 Å². The van der Waals surface area contributed by atoms with Gasteiger partial charge in [0.25, 0.3) is 0 Å². The summed E-state index contributed by atoms with van der Waals surface area (Å²) in [5.74, 6) is -1.18. The Labute approximate surface area is 147 Å². The molecule has 0 aromatic heterocycles. The van der Waals surface area contributed by atoms with Gasteiger partial charge in [-0.25, -0.2) is 8.42 Å². The summed E-state index contributed by atoms with van der Waals surface area (Å²) in [5.41, 5.74) is 0.350. The molecule has 0 aliphatic carbocycles. The highest BCUT2D eigenvalue weighted by Crippen LogP contribution is 2.27. The van der Waals surface area contributed by atoms with Crippen LogP contribution in [0.5, 0.6) is 0 Å². The van der Waals surface area contributed by atoms with Gasteiger partial charge in [-0.1, -0.05) is 29.3 Å². The smallest absolute Gasteiger partial charge is 0.238 e. The van der Waals surface area contributed by atoms with Crippen LogP contribution in [0.4, 0.5) is 0 Å². The van der Waals surface area contributed by atoms with Gasteiger partial charge in [0.15, 0.2) is 9.84 Å². The topological polar surface area (TPSA) is 54.5 Å². The molecule has 0 bridgehead atoms. The first-order valence-corrected chi connectivity index (χ1v) is 10.2. The number of nitrogens with zero attached hydrogens (tertiary/aromatic N) is 1. The van der Waals surface area contributed by atoms with Crippen molar-refractivity contribution in [3.8, 4) is 0 Å². The molecule has 1 amide bonds. The van der Waals surface area contributed by atoms with Gasteiger partial charge in [-0.2, -0.15) is 0 Å². The lowest BCUT2D eigenvalue weighted by molar-refractivity contribution is -0.134. The Balaban J connectivity index is 2.13. The van der Waals surface area contributed by atoms with Gasteiger partial charge in [0.1, 0.15) is 5.75 Å². The maximum absolute atomic E-state index is 12.5. The summed E-state index contributed by atoms with van der Waals surface area (Å²) in [6.45, 7) is 3.93. The SMILES string of the molecule is CC1CCCC(C)N1C(=O)CS(=O)(=O)Cc1c(Cl)cccc1Cl. The van der Waals surface area contributed by atoms with E-state index in [-0.39, 0.29) is 23.7 Å². The van der Waals surface area contributed by atoms with E-state index in [4.69, 9.17) is 23.2 Å². The normalized spacial score (nSPS) is 22.2. The number of benzene rings is 1. The van der Waals surface area contributed by atoms with Crippen LogP contribution in [-0.2, 0) is 20.4 Å². The standard InChI is InChI=1S/C16H21Cl2NO3S/c1-11-5-3-6-12(2)19(11)16(20)10-23(21,22)9-13-14(17)7-4-8-15(13)18/h4,7-8,11-12H,3,5-6,9-10H2,1-2H3. The van der Waals surface area contributed by atoms with Gasteiger partial charge in [-0.3, -0.25) is 4.79 Å². The number of sulfone groups is 1. The van der Waals surface area contributed by atoms with Gasteiger partial charge in [0.2, 0.25) is 5.91 Å². The number of amides is 1. The van der Waals surface area contributed by atoms with Crippen LogP contribution in [0.15, 0.2) is 18.2 Å². The Kier molecular flexibility index (Phi) is 5.98. The molecular formula is C16H21Cl2NO3S. The third kappa shape index (κ3) is 4.61. The zero-order valence-corrected chi connectivity index (χ0v) is 15.6. The largest absolute Gasteiger partial charge is 0.336 e. The molecule has 1 aliphatic rings. The quantitative estimate of drug-likeness (QED) is 0.803. The highest BCUT2D eigenvalue weighted by atomic mass is 35.5. The number of piperidine rings is 1. The minimum atomic E-state index is -3.64. The van der Waals surface area contributed by atoms with Crippen LogP contribution in [-0.4, -0.2) is 37.1 Å². The van der Waals surface area contributed by atoms with Crippen molar-refractivity contribution in [1.29, 1.82) is 0 Å². The van der Waals surface area contributed by atoms with E-state index in [2.05, 4.69) is 0 Å². The molecule has 1 aliphatic heterocycles. The van der Waals surface area contributed by atoms with Crippen molar-refractivity contribution in [3.63, 3.8) is 0 Å². The number of rotatable bonds is 4. The van der Waals surface area contributed by atoms with Gasteiger partial charge in [0.05, 0.1) is 5.75 Å². The monoisotopic (exact) mass is 377 g/mol. The average Bonchev–Trinajstić information content (AvgIpc) is 2.42. The minimum absolute atomic E-state index is 0.0744. The van der Waals surface area contributed by atoms with E-state index in [9.17, 15) is 13.2 Å². The Morgan fingerprint density at radius 3 is 2.22 bits per heavy atom. The van der Waals surface area contributed by atoms with Crippen molar-refractivity contribution in [2.75, 3.05) is 5.75 Å². The molecule has 0 saturated carbocycles. The van der Waals surface area contributed by atoms with Gasteiger partial charge in [-0.15, -0.1) is 0 Å². The van der Waals surface area contributed by atoms with Crippen LogP contribution in [0.25, 0.3) is 0 Å². The van der Waals surface area contributed by atoms with E-state index in [1.807, 2.05) is 13.8 Å². The Bertz CT molecular complexity index is 660. The number of carbonyl (C=O) groups is 1. The molecule has 2 unspecified atom stereocenters. The summed E-state index contributed by atoms with van der Waals surface area (Å²) in [7, 11) is -3.64. The Morgan fingerprint density at radius 2 is 1.70 bits per heavy atom. The van der Waals surface area contributed by atoms with E-state index >= 15 is 0 Å². The summed E-state index contributed by atoms with van der Waals surface area (Å²) >= 11 is 12.0. The molecule has 1 heterocycles. The molecule has 7 heteroatoms. The lowest BCUT2D eigenvalue weighted by atomic mass is 9.98. The molecule has 23 heavy (non-hydrogen) atoms. The molecule has 2 atom stereocenters. The van der Waals surface area contributed by atoms with Crippen molar-refractivity contribution in [3.05, 3.63) is 33.8 Å². The van der Waals surface area contributed by atoms with Crippen LogP contribution < -0.4 is 0 Å². The molecule has 0 spiro atoms. The van der Waals surface area contributed by atoms with Crippen LogP contribution in [0.2, 0.25) is 10.0 Å². The summed E-state index contributed by atoms with van der Waals surface area (Å²) < 4.78 is 24.8. The highest BCUT2D eigenvalue weighted by Gasteiger charge is 2.31. The lowest BCUT2D eigenvalue weighted by Gasteiger charge is -2.39. The van der Waals surface area contributed by atoms with E-state index in [0.717, 1.165) is 19.3 Å². The second-order valence-corrected chi connectivity index (χ2v) is 9.04. The second kappa shape index (κ2) is 7.41. The fourth-order valence-corrected chi connectivity index (χ4v) is 5.18. The van der Waals surface area contributed by atoms with Crippen LogP contribution in [0, 0.1) is 0 Å². The summed E-state index contributed by atoms with van der Waals surface area (Å²) in [6, 6.07) is 4.99. The van der Waals surface area contributed by atoms with E-state index in [1.165, 1.54) is 0 Å². The molecule has 1 fully saturated rings. The summed E-state index contributed by atoms with van der Waals surface area (Å²) in [6.07, 6.45) is 2.88. The van der Waals surface area contributed by atoms with Crippen LogP contribution >= 0.6 is 23.2 Å². The Morgan fingerprint density at radius 1 is 1.17 bits per heavy atom. The number of carbonyl (C=O) groups excluding carboxylic acids is 1. The molecular weight excluding hydrogens is 357 g/mol. The van der Waals surface area contributed by atoms with E-state index < -0.39 is 15.6 Å². The average molecular weight is 378 g/mol.